The van der Waals surface area contributed by atoms with Crippen LogP contribution < -0.4 is 5.32 Å². The fourth-order valence-electron chi connectivity index (χ4n) is 1.18. The molecular formula is C10H7ClFN3O2. The maximum atomic E-state index is 12.9. The Morgan fingerprint density at radius 3 is 3.12 bits per heavy atom. The number of rotatable bonds is 3. The number of nitrogens with one attached hydrogen (secondary N) is 1. The van der Waals surface area contributed by atoms with Crippen molar-refractivity contribution in [3.05, 3.63) is 46.8 Å². The van der Waals surface area contributed by atoms with Crippen LogP contribution in [0.4, 0.5) is 4.39 Å². The Morgan fingerprint density at radius 1 is 1.59 bits per heavy atom. The van der Waals surface area contributed by atoms with Crippen LogP contribution in [0, 0.1) is 5.82 Å². The average molecular weight is 256 g/mol. The number of amides is 1. The predicted molar refractivity (Wildman–Crippen MR) is 56.9 cm³/mol. The van der Waals surface area contributed by atoms with Gasteiger partial charge in [0, 0.05) is 6.07 Å². The second-order valence-electron chi connectivity index (χ2n) is 3.15. The van der Waals surface area contributed by atoms with Gasteiger partial charge in [0.25, 0.3) is 5.91 Å². The maximum absolute atomic E-state index is 12.9. The van der Waals surface area contributed by atoms with Crippen molar-refractivity contribution in [3.63, 3.8) is 0 Å². The molecule has 0 radical (unpaired) electrons. The summed E-state index contributed by atoms with van der Waals surface area (Å²) in [4.78, 5) is 15.2. The second-order valence-corrected chi connectivity index (χ2v) is 3.51. The van der Waals surface area contributed by atoms with Crippen LogP contribution in [0.3, 0.4) is 0 Å². The first-order chi connectivity index (χ1) is 8.16. The fourth-order valence-corrected chi connectivity index (χ4v) is 1.37. The van der Waals surface area contributed by atoms with E-state index in [2.05, 4.69) is 15.5 Å². The molecule has 7 heteroatoms. The Bertz CT molecular complexity index is 530. The molecule has 2 aromatic heterocycles. The summed E-state index contributed by atoms with van der Waals surface area (Å²) in [6, 6.07) is 2.62. The minimum absolute atomic E-state index is 0.0221. The summed E-state index contributed by atoms with van der Waals surface area (Å²) in [5, 5.41) is 5.93. The van der Waals surface area contributed by atoms with Crippen LogP contribution in [0.25, 0.3) is 0 Å². The van der Waals surface area contributed by atoms with Crippen molar-refractivity contribution in [2.75, 3.05) is 0 Å². The summed E-state index contributed by atoms with van der Waals surface area (Å²) in [7, 11) is 0. The first kappa shape index (κ1) is 11.5. The second kappa shape index (κ2) is 4.92. The van der Waals surface area contributed by atoms with Gasteiger partial charge in [-0.25, -0.2) is 9.37 Å². The summed E-state index contributed by atoms with van der Waals surface area (Å²) in [5.74, 6) is -0.670. The normalized spacial score (nSPS) is 10.2. The molecule has 2 rings (SSSR count). The van der Waals surface area contributed by atoms with Crippen molar-refractivity contribution in [3.8, 4) is 0 Å². The number of hydrogen-bond acceptors (Lipinski definition) is 4. The Balaban J connectivity index is 2.07. The van der Waals surface area contributed by atoms with E-state index in [1.807, 2.05) is 0 Å². The lowest BCUT2D eigenvalue weighted by atomic mass is 10.2. The first-order valence-corrected chi connectivity index (χ1v) is 5.03. The topological polar surface area (TPSA) is 68.0 Å². The number of hydrogen-bond donors (Lipinski definition) is 1. The molecule has 2 heterocycles. The lowest BCUT2D eigenvalue weighted by molar-refractivity contribution is 0.0946. The molecule has 1 N–H and O–H groups in total. The van der Waals surface area contributed by atoms with Crippen molar-refractivity contribution in [2.45, 2.75) is 6.54 Å². The quantitative estimate of drug-likeness (QED) is 0.849. The third-order valence-corrected chi connectivity index (χ3v) is 2.27. The minimum Gasteiger partial charge on any atom is -0.360 e. The van der Waals surface area contributed by atoms with E-state index < -0.39 is 11.7 Å². The molecule has 5 nitrogen and oxygen atoms in total. The SMILES string of the molecule is O=C(NCc1ccno1)c1cc(F)cnc1Cl. The summed E-state index contributed by atoms with van der Waals surface area (Å²) >= 11 is 5.68. The Labute approximate surface area is 101 Å². The fraction of sp³-hybridized carbons (Fsp3) is 0.100. The molecule has 2 aromatic rings. The van der Waals surface area contributed by atoms with Gasteiger partial charge in [0.1, 0.15) is 11.0 Å². The molecule has 0 unspecified atom stereocenters. The molecule has 1 amide bonds. The van der Waals surface area contributed by atoms with Crippen molar-refractivity contribution in [1.82, 2.24) is 15.5 Å². The van der Waals surface area contributed by atoms with Gasteiger partial charge in [0.15, 0.2) is 5.76 Å². The summed E-state index contributed by atoms with van der Waals surface area (Å²) < 4.78 is 17.7. The number of aromatic nitrogens is 2. The van der Waals surface area contributed by atoms with Crippen molar-refractivity contribution in [2.24, 2.45) is 0 Å². The van der Waals surface area contributed by atoms with Crippen LogP contribution in [0.15, 0.2) is 29.0 Å². The van der Waals surface area contributed by atoms with Crippen LogP contribution in [0.1, 0.15) is 16.1 Å². The third-order valence-electron chi connectivity index (χ3n) is 1.96. The van der Waals surface area contributed by atoms with Crippen LogP contribution >= 0.6 is 11.6 Å². The zero-order valence-corrected chi connectivity index (χ0v) is 9.24. The maximum Gasteiger partial charge on any atom is 0.254 e. The lowest BCUT2D eigenvalue weighted by Gasteiger charge is -2.04. The average Bonchev–Trinajstić information content (AvgIpc) is 2.82. The highest BCUT2D eigenvalue weighted by Gasteiger charge is 2.12. The zero-order valence-electron chi connectivity index (χ0n) is 8.48. The number of pyridine rings is 1. The van der Waals surface area contributed by atoms with Gasteiger partial charge in [0.2, 0.25) is 0 Å². The molecule has 0 bridgehead atoms. The number of carbonyl (C=O) groups is 1. The molecular weight excluding hydrogens is 249 g/mol. The van der Waals surface area contributed by atoms with Crippen molar-refractivity contribution >= 4 is 17.5 Å². The largest absolute Gasteiger partial charge is 0.360 e. The number of nitrogens with zero attached hydrogens (tertiary/aromatic N) is 2. The number of halogens is 2. The highest BCUT2D eigenvalue weighted by Crippen LogP contribution is 2.13. The van der Waals surface area contributed by atoms with Gasteiger partial charge in [-0.1, -0.05) is 16.8 Å². The van der Waals surface area contributed by atoms with Crippen LogP contribution in [-0.2, 0) is 6.54 Å². The van der Waals surface area contributed by atoms with Crippen molar-refractivity contribution < 1.29 is 13.7 Å². The minimum atomic E-state index is -0.626. The predicted octanol–water partition coefficient (Wildman–Crippen LogP) is 1.79. The van der Waals surface area contributed by atoms with E-state index >= 15 is 0 Å². The van der Waals surface area contributed by atoms with E-state index in [-0.39, 0.29) is 17.3 Å². The van der Waals surface area contributed by atoms with Gasteiger partial charge < -0.3 is 9.84 Å². The van der Waals surface area contributed by atoms with E-state index in [0.29, 0.717) is 5.76 Å². The Kier molecular flexibility index (Phi) is 3.34. The van der Waals surface area contributed by atoms with Gasteiger partial charge in [0.05, 0.1) is 24.5 Å². The smallest absolute Gasteiger partial charge is 0.254 e. The van der Waals surface area contributed by atoms with E-state index in [1.54, 1.807) is 6.07 Å². The first-order valence-electron chi connectivity index (χ1n) is 4.65. The van der Waals surface area contributed by atoms with Gasteiger partial charge in [-0.3, -0.25) is 4.79 Å². The molecule has 0 aliphatic rings. The summed E-state index contributed by atoms with van der Waals surface area (Å²) in [5.41, 5.74) is -0.0221. The molecule has 0 aliphatic heterocycles. The standard InChI is InChI=1S/C10H7ClFN3O2/c11-9-8(3-6(12)4-13-9)10(16)14-5-7-1-2-15-17-7/h1-4H,5H2,(H,14,16). The molecule has 0 saturated heterocycles. The van der Waals surface area contributed by atoms with E-state index in [9.17, 15) is 9.18 Å². The molecule has 0 aliphatic carbocycles. The lowest BCUT2D eigenvalue weighted by Crippen LogP contribution is -2.23. The molecule has 0 fully saturated rings. The van der Waals surface area contributed by atoms with Crippen LogP contribution in [-0.4, -0.2) is 16.0 Å². The monoisotopic (exact) mass is 255 g/mol. The molecule has 0 aromatic carbocycles. The number of carbonyl (C=O) groups excluding carboxylic acids is 1. The van der Waals surface area contributed by atoms with E-state index in [0.717, 1.165) is 12.3 Å². The van der Waals surface area contributed by atoms with E-state index in [1.165, 1.54) is 6.20 Å². The van der Waals surface area contributed by atoms with Crippen LogP contribution in [0.2, 0.25) is 5.15 Å². The van der Waals surface area contributed by atoms with Gasteiger partial charge in [-0.15, -0.1) is 0 Å². The zero-order chi connectivity index (χ0) is 12.3. The molecule has 0 saturated carbocycles. The van der Waals surface area contributed by atoms with Crippen LogP contribution in [0.5, 0.6) is 0 Å². The van der Waals surface area contributed by atoms with Gasteiger partial charge in [-0.2, -0.15) is 0 Å². The molecule has 17 heavy (non-hydrogen) atoms. The molecule has 88 valence electrons. The third kappa shape index (κ3) is 2.79. The molecule has 0 spiro atoms. The Hall–Kier alpha value is -1.95. The highest BCUT2D eigenvalue weighted by atomic mass is 35.5. The van der Waals surface area contributed by atoms with Gasteiger partial charge in [-0.05, 0) is 6.07 Å². The Morgan fingerprint density at radius 2 is 2.41 bits per heavy atom. The van der Waals surface area contributed by atoms with E-state index in [4.69, 9.17) is 16.1 Å². The summed E-state index contributed by atoms with van der Waals surface area (Å²) in [6.45, 7) is 0.145. The van der Waals surface area contributed by atoms with Crippen molar-refractivity contribution in [1.29, 1.82) is 0 Å². The highest BCUT2D eigenvalue weighted by molar-refractivity contribution is 6.32. The van der Waals surface area contributed by atoms with Gasteiger partial charge >= 0.3 is 0 Å². The summed E-state index contributed by atoms with van der Waals surface area (Å²) in [6.07, 6.45) is 2.40. The molecule has 0 atom stereocenters.